The number of halogens is 2. The Balaban J connectivity index is 0.000000400. The van der Waals surface area contributed by atoms with Gasteiger partial charge in [0.2, 0.25) is 0 Å². The third-order valence-electron chi connectivity index (χ3n) is 15.2. The van der Waals surface area contributed by atoms with Crippen LogP contribution in [-0.4, -0.2) is 157 Å². The molecule has 1 saturated carbocycles. The smallest absolute Gasteiger partial charge is 0.112 e. The predicted octanol–water partition coefficient (Wildman–Crippen LogP) is 11.9. The van der Waals surface area contributed by atoms with Gasteiger partial charge in [0.05, 0.1) is 24.3 Å². The zero-order chi connectivity index (χ0) is 53.1. The van der Waals surface area contributed by atoms with E-state index in [1.165, 1.54) is 122 Å². The minimum atomic E-state index is -0.946. The second-order valence-electron chi connectivity index (χ2n) is 23.1. The van der Waals surface area contributed by atoms with Crippen LogP contribution < -0.4 is 5.32 Å². The Kier molecular flexibility index (Phi) is 37.2. The van der Waals surface area contributed by atoms with E-state index in [0.717, 1.165) is 74.4 Å². The standard InChI is InChI=1S/C8H17N.C7H14FN.2C7H15N.C7H14O.C6H11FO.C6H12O.2C5H8N2/c1-3-8-4-6-9(2)7-5-8;1-7(8)3-5-9(2)6-4-7;1-7-3-5-8(2)6-4-7;1-2-7-3-5-8-6-4-7;1-6-2-4-7(8)5-3-6;1-6(7)2-4-8-5-3-6;1-6-2-4-7-5-3-6;1-5-3-7(2)4-6-5;1-5-3-6-7(2)4-5/h8H,3-7H2,1-2H3;3-6H2,1-2H3;7H,3-6H2,1-2H3;7-8H,2-6H2,1H3;6-8H,2-5H2,1H3;2-5H2,1H3;6H,2-5H2,1H3;2*3-4H,1-2H3. The van der Waals surface area contributed by atoms with Gasteiger partial charge >= 0.3 is 0 Å². The van der Waals surface area contributed by atoms with E-state index >= 15 is 0 Å². The largest absolute Gasteiger partial charge is 0.393 e. The van der Waals surface area contributed by atoms with Crippen LogP contribution in [0.1, 0.15) is 175 Å². The topological polar surface area (TPSA) is 96.1 Å². The van der Waals surface area contributed by atoms with E-state index in [0.29, 0.717) is 38.9 Å². The van der Waals surface area contributed by atoms with Gasteiger partial charge in [-0.1, -0.05) is 47.5 Å². The van der Waals surface area contributed by atoms with E-state index in [1.54, 1.807) is 24.9 Å². The molecular formula is C58H114F2N8O3. The first-order valence-electron chi connectivity index (χ1n) is 28.5. The Hall–Kier alpha value is -2.00. The molecule has 9 rings (SSSR count). The number of alkyl halides is 2. The maximum absolute atomic E-state index is 13.0. The minimum Gasteiger partial charge on any atom is -0.393 e. The fraction of sp³-hybridized carbons (Fsp3) is 0.897. The van der Waals surface area contributed by atoms with E-state index in [9.17, 15) is 8.78 Å². The van der Waals surface area contributed by atoms with Crippen molar-refractivity contribution >= 4 is 0 Å². The van der Waals surface area contributed by atoms with Crippen molar-refractivity contribution in [1.82, 2.24) is 39.3 Å². The number of nitrogens with one attached hydrogen (secondary N) is 1. The van der Waals surface area contributed by atoms with Crippen molar-refractivity contribution in [2.24, 2.45) is 43.7 Å². The number of hydrogen-bond acceptors (Lipinski definition) is 9. The molecule has 7 aliphatic rings. The van der Waals surface area contributed by atoms with Crippen molar-refractivity contribution in [2.75, 3.05) is 99.9 Å². The second kappa shape index (κ2) is 39.4. The second-order valence-corrected chi connectivity index (χ2v) is 23.1. The van der Waals surface area contributed by atoms with Crippen molar-refractivity contribution in [3.05, 3.63) is 36.2 Å². The van der Waals surface area contributed by atoms with Crippen molar-refractivity contribution in [1.29, 1.82) is 0 Å². The average Bonchev–Trinajstić information content (AvgIpc) is 3.94. The quantitative estimate of drug-likeness (QED) is 0.305. The Morgan fingerprint density at radius 2 is 1.03 bits per heavy atom. The Morgan fingerprint density at radius 3 is 1.32 bits per heavy atom. The first kappa shape index (κ1) is 67.0. The number of aryl methyl sites for hydroxylation is 4. The number of ether oxygens (including phenoxy) is 2. The molecule has 418 valence electrons. The molecule has 0 aromatic carbocycles. The normalized spacial score (nSPS) is 24.3. The van der Waals surface area contributed by atoms with E-state index in [4.69, 9.17) is 14.6 Å². The third kappa shape index (κ3) is 38.2. The molecule has 6 saturated heterocycles. The summed E-state index contributed by atoms with van der Waals surface area (Å²) in [5.41, 5.74) is 0.454. The van der Waals surface area contributed by atoms with Gasteiger partial charge in [-0.15, -0.1) is 0 Å². The third-order valence-corrected chi connectivity index (χ3v) is 15.2. The summed E-state index contributed by atoms with van der Waals surface area (Å²) in [6, 6.07) is 0. The number of piperidine rings is 4. The molecule has 0 unspecified atom stereocenters. The molecule has 0 amide bonds. The average molecular weight is 1010 g/mol. The van der Waals surface area contributed by atoms with Crippen LogP contribution in [0.2, 0.25) is 0 Å². The van der Waals surface area contributed by atoms with E-state index in [1.807, 2.05) is 58.1 Å². The molecule has 7 fully saturated rings. The zero-order valence-corrected chi connectivity index (χ0v) is 48.6. The zero-order valence-electron chi connectivity index (χ0n) is 48.6. The van der Waals surface area contributed by atoms with Crippen LogP contribution >= 0.6 is 0 Å². The highest BCUT2D eigenvalue weighted by molar-refractivity contribution is 4.98. The lowest BCUT2D eigenvalue weighted by molar-refractivity contribution is 0.00199. The molecule has 0 atom stereocenters. The number of nitrogens with zero attached hydrogens (tertiary/aromatic N) is 7. The van der Waals surface area contributed by atoms with Gasteiger partial charge in [-0.25, -0.2) is 13.8 Å². The van der Waals surface area contributed by atoms with Crippen molar-refractivity contribution in [3.8, 4) is 0 Å². The summed E-state index contributed by atoms with van der Waals surface area (Å²) in [5, 5.41) is 16.3. The highest BCUT2D eigenvalue weighted by atomic mass is 19.1. The molecule has 6 aliphatic heterocycles. The van der Waals surface area contributed by atoms with Crippen molar-refractivity contribution in [2.45, 2.75) is 195 Å². The number of aliphatic hydroxyl groups excluding tert-OH is 1. The van der Waals surface area contributed by atoms with Gasteiger partial charge in [-0.05, 0) is 213 Å². The summed E-state index contributed by atoms with van der Waals surface area (Å²) < 4.78 is 39.6. The highest BCUT2D eigenvalue weighted by Crippen LogP contribution is 2.25. The SMILES string of the molecule is CC1(F)CCOCC1.CC1CCC(O)CC1.CC1CCN(C)CC1.CC1CCOCC1.CCC1CCN(C)CC1.CCC1CCNCC1.CN1CCC(C)(F)CC1.Cc1cn(C)cn1.Cc1cnn(C)c1. The number of likely N-dealkylation sites (tertiary alicyclic amines) is 3. The van der Waals surface area contributed by atoms with Crippen LogP contribution in [0.3, 0.4) is 0 Å². The fourth-order valence-electron chi connectivity index (χ4n) is 8.92. The maximum atomic E-state index is 13.0. The molecule has 0 bridgehead atoms. The molecule has 1 aliphatic carbocycles. The van der Waals surface area contributed by atoms with Gasteiger partial charge in [0.25, 0.3) is 0 Å². The number of imidazole rings is 1. The van der Waals surface area contributed by atoms with E-state index < -0.39 is 11.3 Å². The number of rotatable bonds is 2. The fourth-order valence-corrected chi connectivity index (χ4v) is 8.92. The van der Waals surface area contributed by atoms with Gasteiger partial charge in [0.1, 0.15) is 11.3 Å². The van der Waals surface area contributed by atoms with Crippen LogP contribution in [0.25, 0.3) is 0 Å². The molecular weight excluding hydrogens is 895 g/mol. The summed E-state index contributed by atoms with van der Waals surface area (Å²) in [7, 11) is 10.3. The molecule has 13 heteroatoms. The molecule has 0 radical (unpaired) electrons. The maximum Gasteiger partial charge on any atom is 0.112 e. The Bertz CT molecular complexity index is 1360. The van der Waals surface area contributed by atoms with Gasteiger partial charge in [-0.2, -0.15) is 5.10 Å². The number of aromatic nitrogens is 4. The first-order valence-corrected chi connectivity index (χ1v) is 28.5. The van der Waals surface area contributed by atoms with E-state index in [-0.39, 0.29) is 6.10 Å². The lowest BCUT2D eigenvalue weighted by atomic mass is 9.89. The molecule has 11 nitrogen and oxygen atoms in total. The Labute approximate surface area is 436 Å². The molecule has 2 aromatic rings. The van der Waals surface area contributed by atoms with Crippen LogP contribution in [0, 0.1) is 43.4 Å². The molecule has 71 heavy (non-hydrogen) atoms. The van der Waals surface area contributed by atoms with Crippen LogP contribution in [0.5, 0.6) is 0 Å². The van der Waals surface area contributed by atoms with Gasteiger partial charge in [-0.3, -0.25) is 4.68 Å². The van der Waals surface area contributed by atoms with Crippen molar-refractivity contribution in [3.63, 3.8) is 0 Å². The van der Waals surface area contributed by atoms with Gasteiger partial charge in [0, 0.05) is 78.8 Å². The van der Waals surface area contributed by atoms with Gasteiger partial charge in [0.15, 0.2) is 0 Å². The summed E-state index contributed by atoms with van der Waals surface area (Å²) in [4.78, 5) is 11.0. The van der Waals surface area contributed by atoms with Crippen LogP contribution in [-0.2, 0) is 23.6 Å². The van der Waals surface area contributed by atoms with Crippen LogP contribution in [0.4, 0.5) is 8.78 Å². The van der Waals surface area contributed by atoms with Crippen molar-refractivity contribution < 1.29 is 23.4 Å². The molecule has 2 aromatic heterocycles. The monoisotopic (exact) mass is 1010 g/mol. The first-order chi connectivity index (χ1) is 33.6. The summed E-state index contributed by atoms with van der Waals surface area (Å²) in [6.07, 6.45) is 28.3. The van der Waals surface area contributed by atoms with Crippen LogP contribution in [0.15, 0.2) is 24.9 Å². The predicted molar refractivity (Wildman–Crippen MR) is 297 cm³/mol. The molecule has 8 heterocycles. The summed E-state index contributed by atoms with van der Waals surface area (Å²) >= 11 is 0. The summed E-state index contributed by atoms with van der Waals surface area (Å²) in [5.74, 6) is 4.80. The Morgan fingerprint density at radius 1 is 0.592 bits per heavy atom. The highest BCUT2D eigenvalue weighted by Gasteiger charge is 2.28. The van der Waals surface area contributed by atoms with E-state index in [2.05, 4.69) is 78.8 Å². The summed E-state index contributed by atoms with van der Waals surface area (Å²) in [6.45, 7) is 31.5. The molecule has 0 spiro atoms. The number of hydrogen-bond donors (Lipinski definition) is 2. The lowest BCUT2D eigenvalue weighted by Gasteiger charge is -2.31. The number of aliphatic hydroxyl groups is 1. The lowest BCUT2D eigenvalue weighted by Crippen LogP contribution is -2.37. The minimum absolute atomic E-state index is 0.0196. The molecule has 2 N–H and O–H groups in total. The van der Waals surface area contributed by atoms with Gasteiger partial charge < -0.3 is 39.2 Å².